The highest BCUT2D eigenvalue weighted by Crippen LogP contribution is 2.18. The molecule has 0 heterocycles. The van der Waals surface area contributed by atoms with Crippen molar-refractivity contribution in [3.8, 4) is 0 Å². The summed E-state index contributed by atoms with van der Waals surface area (Å²) in [5, 5.41) is 0. The Labute approximate surface area is 437 Å². The average molecular weight is 988 g/mol. The highest BCUT2D eigenvalue weighted by atomic mass is 16.6. The molecule has 0 aromatic heterocycles. The fourth-order valence-corrected chi connectivity index (χ4v) is 9.74. The Morgan fingerprint density at radius 3 is 0.714 bits per heavy atom. The first-order chi connectivity index (χ1) is 34.5. The lowest BCUT2D eigenvalue weighted by Crippen LogP contribution is -2.30. The highest BCUT2D eigenvalue weighted by Gasteiger charge is 2.19. The molecule has 0 aliphatic rings. The van der Waals surface area contributed by atoms with Crippen molar-refractivity contribution < 1.29 is 28.6 Å². The number of hydrogen-bond donors (Lipinski definition) is 0. The normalized spacial score (nSPS) is 12.0. The van der Waals surface area contributed by atoms with Crippen LogP contribution in [0.1, 0.15) is 361 Å². The molecule has 0 saturated carbocycles. The van der Waals surface area contributed by atoms with Crippen molar-refractivity contribution in [2.75, 3.05) is 13.2 Å². The summed E-state index contributed by atoms with van der Waals surface area (Å²) >= 11 is 0. The van der Waals surface area contributed by atoms with E-state index in [9.17, 15) is 14.4 Å². The lowest BCUT2D eigenvalue weighted by Gasteiger charge is -2.18. The Bertz CT molecular complexity index is 1090. The molecule has 0 bridgehead atoms. The van der Waals surface area contributed by atoms with Crippen LogP contribution in [0.25, 0.3) is 0 Å². The minimum absolute atomic E-state index is 0.0636. The van der Waals surface area contributed by atoms with Gasteiger partial charge in [0.1, 0.15) is 13.2 Å². The molecule has 0 unspecified atom stereocenters. The zero-order chi connectivity index (χ0) is 50.7. The third-order valence-corrected chi connectivity index (χ3v) is 14.5. The largest absolute Gasteiger partial charge is 0.462 e. The van der Waals surface area contributed by atoms with Gasteiger partial charge >= 0.3 is 17.9 Å². The Morgan fingerprint density at radius 1 is 0.271 bits per heavy atom. The third kappa shape index (κ3) is 57.1. The lowest BCUT2D eigenvalue weighted by molar-refractivity contribution is -0.167. The van der Waals surface area contributed by atoms with E-state index in [2.05, 4.69) is 32.9 Å². The Morgan fingerprint density at radius 2 is 0.471 bits per heavy atom. The molecule has 70 heavy (non-hydrogen) atoms. The van der Waals surface area contributed by atoms with E-state index in [-0.39, 0.29) is 31.1 Å². The molecule has 6 nitrogen and oxygen atoms in total. The van der Waals surface area contributed by atoms with Gasteiger partial charge in [0, 0.05) is 19.3 Å². The van der Waals surface area contributed by atoms with Crippen LogP contribution in [-0.4, -0.2) is 37.2 Å². The smallest absolute Gasteiger partial charge is 0.306 e. The molecular weight excluding hydrogens is 865 g/mol. The molecule has 0 fully saturated rings. The van der Waals surface area contributed by atoms with E-state index >= 15 is 0 Å². The van der Waals surface area contributed by atoms with E-state index in [4.69, 9.17) is 14.2 Å². The van der Waals surface area contributed by atoms with Crippen molar-refractivity contribution in [2.24, 2.45) is 0 Å². The maximum absolute atomic E-state index is 12.9. The highest BCUT2D eigenvalue weighted by molar-refractivity contribution is 5.71. The molecule has 414 valence electrons. The van der Waals surface area contributed by atoms with Gasteiger partial charge in [0.05, 0.1) is 0 Å². The topological polar surface area (TPSA) is 78.9 Å². The summed E-state index contributed by atoms with van der Waals surface area (Å²) in [6, 6.07) is 0. The zero-order valence-electron chi connectivity index (χ0n) is 47.6. The molecule has 0 aliphatic heterocycles. The van der Waals surface area contributed by atoms with Crippen LogP contribution >= 0.6 is 0 Å². The number of allylic oxidation sites excluding steroid dienone is 2. The molecule has 0 N–H and O–H groups in total. The van der Waals surface area contributed by atoms with Crippen LogP contribution in [0.3, 0.4) is 0 Å². The van der Waals surface area contributed by atoms with Crippen molar-refractivity contribution >= 4 is 17.9 Å². The number of hydrogen-bond acceptors (Lipinski definition) is 6. The van der Waals surface area contributed by atoms with Crippen molar-refractivity contribution in [2.45, 2.75) is 367 Å². The summed E-state index contributed by atoms with van der Waals surface area (Å²) < 4.78 is 16.9. The number of carbonyl (C=O) groups is 3. The predicted octanol–water partition coefficient (Wildman–Crippen LogP) is 21.3. The number of esters is 3. The third-order valence-electron chi connectivity index (χ3n) is 14.5. The molecule has 0 aromatic carbocycles. The molecule has 0 saturated heterocycles. The first kappa shape index (κ1) is 68.2. The molecule has 1 atom stereocenters. The van der Waals surface area contributed by atoms with E-state index < -0.39 is 6.10 Å². The van der Waals surface area contributed by atoms with Crippen molar-refractivity contribution in [1.82, 2.24) is 0 Å². The molecule has 0 aliphatic carbocycles. The monoisotopic (exact) mass is 987 g/mol. The quantitative estimate of drug-likeness (QED) is 0.0261. The van der Waals surface area contributed by atoms with Crippen LogP contribution in [0, 0.1) is 0 Å². The van der Waals surface area contributed by atoms with Gasteiger partial charge in [0.15, 0.2) is 6.10 Å². The second-order valence-corrected chi connectivity index (χ2v) is 21.7. The van der Waals surface area contributed by atoms with Gasteiger partial charge in [0.2, 0.25) is 0 Å². The summed E-state index contributed by atoms with van der Waals surface area (Å²) in [4.78, 5) is 38.2. The fourth-order valence-electron chi connectivity index (χ4n) is 9.74. The van der Waals surface area contributed by atoms with E-state index in [0.717, 1.165) is 57.8 Å². The van der Waals surface area contributed by atoms with Crippen molar-refractivity contribution in [3.63, 3.8) is 0 Å². The standard InChI is InChI=1S/C64H122O6/c1-4-7-10-13-16-19-22-25-27-29-31-32-34-36-38-40-43-46-49-52-55-58-64(67)70-61(59-68-62(65)56-53-50-47-44-41-24-21-18-15-12-9-6-3)60-69-63(66)57-54-51-48-45-42-39-37-35-33-30-28-26-23-20-17-14-11-8-5-2/h25,27,61H,4-24,26,28-60H2,1-3H3/b27-25-/t61-/m0/s1. The molecule has 6 heteroatoms. The predicted molar refractivity (Wildman–Crippen MR) is 303 cm³/mol. The van der Waals surface area contributed by atoms with Gasteiger partial charge in [-0.25, -0.2) is 0 Å². The van der Waals surface area contributed by atoms with Gasteiger partial charge in [-0.1, -0.05) is 309 Å². The summed E-state index contributed by atoms with van der Waals surface area (Å²) in [6.07, 6.45) is 69.3. The van der Waals surface area contributed by atoms with E-state index in [0.29, 0.717) is 19.3 Å². The second-order valence-electron chi connectivity index (χ2n) is 21.7. The van der Waals surface area contributed by atoms with Gasteiger partial charge < -0.3 is 14.2 Å². The van der Waals surface area contributed by atoms with Crippen LogP contribution in [0.4, 0.5) is 0 Å². The van der Waals surface area contributed by atoms with Gasteiger partial charge in [-0.3, -0.25) is 14.4 Å². The van der Waals surface area contributed by atoms with Gasteiger partial charge in [-0.2, -0.15) is 0 Å². The Balaban J connectivity index is 4.25. The number of carbonyl (C=O) groups excluding carboxylic acids is 3. The molecular formula is C64H122O6. The van der Waals surface area contributed by atoms with Gasteiger partial charge in [-0.15, -0.1) is 0 Å². The summed E-state index contributed by atoms with van der Waals surface area (Å²) in [6.45, 7) is 6.70. The maximum Gasteiger partial charge on any atom is 0.306 e. The van der Waals surface area contributed by atoms with Gasteiger partial charge in [0.25, 0.3) is 0 Å². The molecule has 0 amide bonds. The molecule has 0 aromatic rings. The minimum Gasteiger partial charge on any atom is -0.462 e. The van der Waals surface area contributed by atoms with Crippen molar-refractivity contribution in [3.05, 3.63) is 12.2 Å². The summed E-state index contributed by atoms with van der Waals surface area (Å²) in [5.41, 5.74) is 0. The Hall–Kier alpha value is -1.85. The van der Waals surface area contributed by atoms with Crippen molar-refractivity contribution in [1.29, 1.82) is 0 Å². The first-order valence-corrected chi connectivity index (χ1v) is 31.7. The van der Waals surface area contributed by atoms with Crippen LogP contribution in [0.15, 0.2) is 12.2 Å². The second kappa shape index (κ2) is 59.7. The van der Waals surface area contributed by atoms with E-state index in [1.165, 1.54) is 263 Å². The maximum atomic E-state index is 12.9. The minimum atomic E-state index is -0.765. The average Bonchev–Trinajstić information content (AvgIpc) is 3.36. The number of ether oxygens (including phenoxy) is 3. The first-order valence-electron chi connectivity index (χ1n) is 31.7. The summed E-state index contributed by atoms with van der Waals surface area (Å²) in [7, 11) is 0. The Kier molecular flexibility index (Phi) is 58.1. The van der Waals surface area contributed by atoms with E-state index in [1.54, 1.807) is 0 Å². The van der Waals surface area contributed by atoms with Gasteiger partial charge in [-0.05, 0) is 44.9 Å². The van der Waals surface area contributed by atoms with Crippen LogP contribution < -0.4 is 0 Å². The van der Waals surface area contributed by atoms with E-state index in [1.807, 2.05) is 0 Å². The number of unbranched alkanes of at least 4 members (excludes halogenated alkanes) is 46. The molecule has 0 rings (SSSR count). The van der Waals surface area contributed by atoms with Crippen LogP contribution in [0.5, 0.6) is 0 Å². The summed E-state index contributed by atoms with van der Waals surface area (Å²) in [5.74, 6) is -0.835. The molecule has 0 spiro atoms. The zero-order valence-corrected chi connectivity index (χ0v) is 47.6. The SMILES string of the molecule is CCCCCCCC/C=C\CCCCCCCCCCCCCC(=O)O[C@@H](COC(=O)CCCCCCCCCCCCCC)COC(=O)CCCCCCCCCCCCCCCCCCCCC. The van der Waals surface area contributed by atoms with Crippen LogP contribution in [0.2, 0.25) is 0 Å². The fraction of sp³-hybridized carbons (Fsp3) is 0.922. The molecule has 0 radical (unpaired) electrons. The van der Waals surface area contributed by atoms with Crippen LogP contribution in [-0.2, 0) is 28.6 Å². The number of rotatable bonds is 59. The lowest BCUT2D eigenvalue weighted by atomic mass is 10.0.